The number of nitrogens with zero attached hydrogens (tertiary/aromatic N) is 2. The molecule has 1 aliphatic heterocycles. The van der Waals surface area contributed by atoms with E-state index in [-0.39, 0.29) is 36.6 Å². The molecule has 1 saturated carbocycles. The molecule has 2 fully saturated rings. The van der Waals surface area contributed by atoms with Gasteiger partial charge < -0.3 is 20.1 Å². The minimum atomic E-state index is -4.38. The summed E-state index contributed by atoms with van der Waals surface area (Å²) in [7, 11) is 1.29. The van der Waals surface area contributed by atoms with Crippen molar-refractivity contribution in [1.29, 1.82) is 0 Å². The second kappa shape index (κ2) is 9.46. The van der Waals surface area contributed by atoms with Crippen LogP contribution in [0.15, 0.2) is 6.07 Å². The van der Waals surface area contributed by atoms with Crippen LogP contribution in [0.2, 0.25) is 0 Å². The smallest absolute Gasteiger partial charge is 0.410 e. The Kier molecular flexibility index (Phi) is 7.18. The van der Waals surface area contributed by atoms with Gasteiger partial charge in [-0.1, -0.05) is 0 Å². The molecule has 0 aromatic carbocycles. The van der Waals surface area contributed by atoms with Gasteiger partial charge in [-0.15, -0.1) is 0 Å². The number of amides is 2. The maximum absolute atomic E-state index is 14.6. The second-order valence-corrected chi connectivity index (χ2v) is 9.67. The highest BCUT2D eigenvalue weighted by atomic mass is 19.4. The van der Waals surface area contributed by atoms with Crippen LogP contribution in [0.1, 0.15) is 52.0 Å². The Balaban J connectivity index is 1.63. The molecule has 2 N–H and O–H groups in total. The van der Waals surface area contributed by atoms with Gasteiger partial charge in [-0.05, 0) is 52.5 Å². The zero-order valence-electron chi connectivity index (χ0n) is 19.6. The molecule has 1 atom stereocenters. The van der Waals surface area contributed by atoms with Gasteiger partial charge in [0.05, 0.1) is 12.5 Å². The molecule has 1 saturated heterocycles. The lowest BCUT2D eigenvalue weighted by Crippen LogP contribution is -2.47. The van der Waals surface area contributed by atoms with Crippen LogP contribution in [-0.2, 0) is 16.1 Å². The minimum absolute atomic E-state index is 0.0200. The number of methoxy groups -OCH3 is 1. The molecule has 1 aromatic rings. The fraction of sp³-hybridized carbons (Fsp3) is 0.682. The van der Waals surface area contributed by atoms with Gasteiger partial charge in [-0.2, -0.15) is 18.2 Å². The Bertz CT molecular complexity index is 929. The van der Waals surface area contributed by atoms with Crippen molar-refractivity contribution >= 4 is 17.8 Å². The molecular formula is C22H30F4N4O4. The maximum atomic E-state index is 14.6. The highest BCUT2D eigenvalue weighted by Crippen LogP contribution is 2.57. The van der Waals surface area contributed by atoms with Crippen molar-refractivity contribution in [2.45, 2.75) is 70.8 Å². The predicted molar refractivity (Wildman–Crippen MR) is 115 cm³/mol. The van der Waals surface area contributed by atoms with E-state index < -0.39 is 47.6 Å². The van der Waals surface area contributed by atoms with Gasteiger partial charge in [0, 0.05) is 25.2 Å². The van der Waals surface area contributed by atoms with Crippen molar-refractivity contribution in [2.24, 2.45) is 5.41 Å². The number of hydrogen-bond acceptors (Lipinski definition) is 6. The molecule has 0 radical (unpaired) electrons. The predicted octanol–water partition coefficient (Wildman–Crippen LogP) is 4.00. The largest absolute Gasteiger partial charge is 0.481 e. The van der Waals surface area contributed by atoms with Crippen molar-refractivity contribution in [3.8, 4) is 5.88 Å². The molecule has 8 nitrogen and oxygen atoms in total. The molecule has 190 valence electrons. The van der Waals surface area contributed by atoms with Crippen LogP contribution in [0.4, 0.5) is 28.2 Å². The number of carbonyl (C=O) groups is 2. The second-order valence-electron chi connectivity index (χ2n) is 9.67. The number of carbonyl (C=O) groups excluding carboxylic acids is 2. The number of likely N-dealkylation sites (tertiary alicyclic amines) is 1. The number of pyridine rings is 1. The Labute approximate surface area is 195 Å². The van der Waals surface area contributed by atoms with Crippen molar-refractivity contribution in [2.75, 3.05) is 25.5 Å². The number of ether oxygens (including phenoxy) is 2. The van der Waals surface area contributed by atoms with E-state index in [1.165, 1.54) is 12.0 Å². The standard InChI is InChI=1S/C22H30F4N4O4/c1-20(2,3)34-19(32)30-9-5-6-15(30)17(31)27-11-13-10-14(23)16(29-18(13)33-4)28-12-21(7-8-21)22(24,25)26/h10,15H,5-9,11-12H2,1-4H3,(H,27,31)(H,28,29). The molecule has 2 amide bonds. The quantitative estimate of drug-likeness (QED) is 0.562. The van der Waals surface area contributed by atoms with Gasteiger partial charge in [-0.25, -0.2) is 9.18 Å². The highest BCUT2D eigenvalue weighted by molar-refractivity contribution is 5.86. The summed E-state index contributed by atoms with van der Waals surface area (Å²) in [4.78, 5) is 30.4. The van der Waals surface area contributed by atoms with E-state index in [1.54, 1.807) is 20.8 Å². The van der Waals surface area contributed by atoms with E-state index in [4.69, 9.17) is 9.47 Å². The zero-order chi connectivity index (χ0) is 25.3. The number of alkyl halides is 3. The minimum Gasteiger partial charge on any atom is -0.481 e. The van der Waals surface area contributed by atoms with Gasteiger partial charge >= 0.3 is 12.3 Å². The van der Waals surface area contributed by atoms with E-state index >= 15 is 0 Å². The highest BCUT2D eigenvalue weighted by Gasteiger charge is 2.63. The topological polar surface area (TPSA) is 92.8 Å². The summed E-state index contributed by atoms with van der Waals surface area (Å²) in [5.74, 6) is -1.68. The van der Waals surface area contributed by atoms with Gasteiger partial charge in [-0.3, -0.25) is 9.69 Å². The van der Waals surface area contributed by atoms with E-state index in [0.717, 1.165) is 6.07 Å². The molecule has 0 bridgehead atoms. The lowest BCUT2D eigenvalue weighted by atomic mass is 10.1. The molecule has 0 spiro atoms. The van der Waals surface area contributed by atoms with E-state index in [1.807, 2.05) is 0 Å². The summed E-state index contributed by atoms with van der Waals surface area (Å²) in [6.07, 6.45) is -3.91. The van der Waals surface area contributed by atoms with Crippen LogP contribution in [0.3, 0.4) is 0 Å². The number of anilines is 1. The molecule has 2 aliphatic rings. The molecular weight excluding hydrogens is 460 g/mol. The van der Waals surface area contributed by atoms with E-state index in [2.05, 4.69) is 15.6 Å². The number of halogens is 4. The molecule has 1 aliphatic carbocycles. The average Bonchev–Trinajstić information content (AvgIpc) is 3.37. The zero-order valence-corrected chi connectivity index (χ0v) is 19.6. The van der Waals surface area contributed by atoms with Gasteiger partial charge in [0.15, 0.2) is 11.6 Å². The first-order valence-corrected chi connectivity index (χ1v) is 11.1. The summed E-state index contributed by atoms with van der Waals surface area (Å²) in [6, 6.07) is 0.332. The molecule has 34 heavy (non-hydrogen) atoms. The van der Waals surface area contributed by atoms with Crippen molar-refractivity contribution < 1.29 is 36.6 Å². The summed E-state index contributed by atoms with van der Waals surface area (Å²) in [6.45, 7) is 4.95. The van der Waals surface area contributed by atoms with Crippen LogP contribution in [-0.4, -0.2) is 59.9 Å². The maximum Gasteiger partial charge on any atom is 0.410 e. The average molecular weight is 490 g/mol. The molecule has 2 heterocycles. The van der Waals surface area contributed by atoms with Crippen LogP contribution >= 0.6 is 0 Å². The van der Waals surface area contributed by atoms with Crippen molar-refractivity contribution in [1.82, 2.24) is 15.2 Å². The van der Waals surface area contributed by atoms with Crippen LogP contribution < -0.4 is 15.4 Å². The monoisotopic (exact) mass is 490 g/mol. The van der Waals surface area contributed by atoms with Crippen molar-refractivity contribution in [3.63, 3.8) is 0 Å². The number of aromatic nitrogens is 1. The van der Waals surface area contributed by atoms with Gasteiger partial charge in [0.1, 0.15) is 11.6 Å². The molecule has 1 aromatic heterocycles. The summed E-state index contributed by atoms with van der Waals surface area (Å²) in [5, 5.41) is 5.09. The fourth-order valence-corrected chi connectivity index (χ4v) is 3.78. The third-order valence-electron chi connectivity index (χ3n) is 5.89. The normalized spacial score (nSPS) is 19.5. The first kappa shape index (κ1) is 25.8. The summed E-state index contributed by atoms with van der Waals surface area (Å²) in [5.41, 5.74) is -2.35. The SMILES string of the molecule is COc1nc(NCC2(C(F)(F)F)CC2)c(F)cc1CNC(=O)C1CCCN1C(=O)OC(C)(C)C. The van der Waals surface area contributed by atoms with Crippen LogP contribution in [0.25, 0.3) is 0 Å². The van der Waals surface area contributed by atoms with E-state index in [9.17, 15) is 27.2 Å². The first-order valence-electron chi connectivity index (χ1n) is 11.1. The lowest BCUT2D eigenvalue weighted by molar-refractivity contribution is -0.182. The molecule has 12 heteroatoms. The van der Waals surface area contributed by atoms with Crippen molar-refractivity contribution in [3.05, 3.63) is 17.4 Å². The summed E-state index contributed by atoms with van der Waals surface area (Å²) < 4.78 is 64.4. The number of rotatable bonds is 7. The lowest BCUT2D eigenvalue weighted by Gasteiger charge is -2.28. The Morgan fingerprint density at radius 2 is 1.94 bits per heavy atom. The Morgan fingerprint density at radius 1 is 1.26 bits per heavy atom. The molecule has 1 unspecified atom stereocenters. The van der Waals surface area contributed by atoms with Crippen LogP contribution in [0, 0.1) is 11.2 Å². The van der Waals surface area contributed by atoms with Gasteiger partial charge in [0.25, 0.3) is 0 Å². The molecule has 3 rings (SSSR count). The Morgan fingerprint density at radius 3 is 2.50 bits per heavy atom. The number of hydrogen-bond donors (Lipinski definition) is 2. The summed E-state index contributed by atoms with van der Waals surface area (Å²) >= 11 is 0. The van der Waals surface area contributed by atoms with Gasteiger partial charge in [0.2, 0.25) is 11.8 Å². The van der Waals surface area contributed by atoms with Crippen LogP contribution in [0.5, 0.6) is 5.88 Å². The third kappa shape index (κ3) is 5.82. The fourth-order valence-electron chi connectivity index (χ4n) is 3.78. The third-order valence-corrected chi connectivity index (χ3v) is 5.89. The Hall–Kier alpha value is -2.79. The first-order chi connectivity index (χ1) is 15.8. The van der Waals surface area contributed by atoms with E-state index in [0.29, 0.717) is 19.4 Å². The number of nitrogens with one attached hydrogen (secondary N) is 2.